The predicted octanol–water partition coefficient (Wildman–Crippen LogP) is 5.49. The Morgan fingerprint density at radius 3 is 2.00 bits per heavy atom. The Balaban J connectivity index is 2.20. The Hall–Kier alpha value is -2.95. The second kappa shape index (κ2) is 8.43. The van der Waals surface area contributed by atoms with E-state index in [9.17, 15) is 14.9 Å². The predicted molar refractivity (Wildman–Crippen MR) is 105 cm³/mol. The molecule has 0 heterocycles. The molecular weight excluding hydrogens is 328 g/mol. The topological polar surface area (TPSA) is 72.2 Å². The lowest BCUT2D eigenvalue weighted by molar-refractivity contribution is -0.384. The highest BCUT2D eigenvalue weighted by molar-refractivity contribution is 6.03. The maximum atomic E-state index is 12.4. The van der Waals surface area contributed by atoms with Crippen molar-refractivity contribution >= 4 is 23.4 Å². The summed E-state index contributed by atoms with van der Waals surface area (Å²) in [5.41, 5.74) is 3.84. The summed E-state index contributed by atoms with van der Waals surface area (Å²) in [6.07, 6.45) is 3.09. The van der Waals surface area contributed by atoms with Gasteiger partial charge in [-0.05, 0) is 46.7 Å². The van der Waals surface area contributed by atoms with Crippen LogP contribution >= 0.6 is 0 Å². The van der Waals surface area contributed by atoms with Crippen molar-refractivity contribution < 1.29 is 9.72 Å². The van der Waals surface area contributed by atoms with E-state index in [4.69, 9.17) is 0 Å². The highest BCUT2D eigenvalue weighted by Gasteiger charge is 2.15. The first-order valence-corrected chi connectivity index (χ1v) is 8.66. The van der Waals surface area contributed by atoms with E-state index in [1.807, 2.05) is 18.2 Å². The average molecular weight is 352 g/mol. The molecule has 26 heavy (non-hydrogen) atoms. The van der Waals surface area contributed by atoms with E-state index < -0.39 is 4.92 Å². The van der Waals surface area contributed by atoms with Crippen molar-refractivity contribution in [2.45, 2.75) is 39.5 Å². The molecule has 2 aromatic carbocycles. The first-order valence-electron chi connectivity index (χ1n) is 8.66. The molecule has 0 aliphatic rings. The fourth-order valence-corrected chi connectivity index (χ4v) is 2.74. The van der Waals surface area contributed by atoms with E-state index in [0.29, 0.717) is 11.8 Å². The lowest BCUT2D eigenvalue weighted by Gasteiger charge is -2.19. The lowest BCUT2D eigenvalue weighted by Crippen LogP contribution is -2.13. The minimum absolute atomic E-state index is 0.0269. The largest absolute Gasteiger partial charge is 0.322 e. The van der Waals surface area contributed by atoms with Crippen LogP contribution in [-0.4, -0.2) is 10.8 Å². The smallest absolute Gasteiger partial charge is 0.269 e. The zero-order valence-electron chi connectivity index (χ0n) is 15.5. The zero-order valence-corrected chi connectivity index (χ0v) is 15.5. The number of hydrogen-bond acceptors (Lipinski definition) is 3. The number of hydrogen-bond donors (Lipinski definition) is 1. The molecule has 0 fully saturated rings. The van der Waals surface area contributed by atoms with Gasteiger partial charge < -0.3 is 5.32 Å². The molecule has 1 amide bonds. The standard InChI is InChI=1S/C21H24N2O3/c1-14(2)18-6-5-7-19(15(3)4)21(18)22-20(24)13-10-16-8-11-17(12-9-16)23(25)26/h5-15H,1-4H3,(H,22,24)/b13-10+. The monoisotopic (exact) mass is 352 g/mol. The van der Waals surface area contributed by atoms with Crippen molar-refractivity contribution in [3.63, 3.8) is 0 Å². The van der Waals surface area contributed by atoms with Gasteiger partial charge in [0, 0.05) is 23.9 Å². The normalized spacial score (nSPS) is 11.3. The van der Waals surface area contributed by atoms with Gasteiger partial charge in [0.1, 0.15) is 0 Å². The molecule has 5 nitrogen and oxygen atoms in total. The van der Waals surface area contributed by atoms with Gasteiger partial charge in [-0.3, -0.25) is 14.9 Å². The van der Waals surface area contributed by atoms with Crippen molar-refractivity contribution in [1.82, 2.24) is 0 Å². The first kappa shape index (κ1) is 19.4. The molecule has 0 radical (unpaired) electrons. The molecular formula is C21H24N2O3. The Morgan fingerprint density at radius 1 is 1.00 bits per heavy atom. The Morgan fingerprint density at radius 2 is 1.54 bits per heavy atom. The minimum Gasteiger partial charge on any atom is -0.322 e. The van der Waals surface area contributed by atoms with Crippen molar-refractivity contribution in [2.24, 2.45) is 0 Å². The van der Waals surface area contributed by atoms with Gasteiger partial charge in [-0.15, -0.1) is 0 Å². The number of anilines is 1. The maximum absolute atomic E-state index is 12.4. The van der Waals surface area contributed by atoms with Crippen LogP contribution in [-0.2, 0) is 4.79 Å². The molecule has 0 aliphatic heterocycles. The van der Waals surface area contributed by atoms with Gasteiger partial charge >= 0.3 is 0 Å². The van der Waals surface area contributed by atoms with Gasteiger partial charge in [0.05, 0.1) is 4.92 Å². The number of nitro benzene ring substituents is 1. The van der Waals surface area contributed by atoms with Gasteiger partial charge in [0.15, 0.2) is 0 Å². The van der Waals surface area contributed by atoms with Crippen LogP contribution < -0.4 is 5.32 Å². The number of nitro groups is 1. The van der Waals surface area contributed by atoms with Crippen LogP contribution in [0.15, 0.2) is 48.5 Å². The summed E-state index contributed by atoms with van der Waals surface area (Å²) in [5, 5.41) is 13.7. The number of rotatable bonds is 6. The van der Waals surface area contributed by atoms with E-state index >= 15 is 0 Å². The van der Waals surface area contributed by atoms with Gasteiger partial charge in [0.2, 0.25) is 5.91 Å². The van der Waals surface area contributed by atoms with Gasteiger partial charge in [-0.2, -0.15) is 0 Å². The third kappa shape index (κ3) is 4.79. The first-order chi connectivity index (χ1) is 12.3. The highest BCUT2D eigenvalue weighted by Crippen LogP contribution is 2.32. The van der Waals surface area contributed by atoms with Crippen molar-refractivity contribution in [2.75, 3.05) is 5.32 Å². The fourth-order valence-electron chi connectivity index (χ4n) is 2.74. The summed E-state index contributed by atoms with van der Waals surface area (Å²) >= 11 is 0. The van der Waals surface area contributed by atoms with Crippen molar-refractivity contribution in [3.8, 4) is 0 Å². The van der Waals surface area contributed by atoms with Crippen molar-refractivity contribution in [1.29, 1.82) is 0 Å². The fraction of sp³-hybridized carbons (Fsp3) is 0.286. The van der Waals surface area contributed by atoms with E-state index in [-0.39, 0.29) is 11.6 Å². The number of carbonyl (C=O) groups is 1. The molecule has 2 aromatic rings. The van der Waals surface area contributed by atoms with E-state index in [1.54, 1.807) is 18.2 Å². The number of amides is 1. The average Bonchev–Trinajstić information content (AvgIpc) is 2.60. The zero-order chi connectivity index (χ0) is 19.3. The molecule has 0 unspecified atom stereocenters. The van der Waals surface area contributed by atoms with Crippen LogP contribution in [0, 0.1) is 10.1 Å². The molecule has 0 atom stereocenters. The summed E-state index contributed by atoms with van der Waals surface area (Å²) in [6.45, 7) is 8.40. The molecule has 0 aliphatic carbocycles. The number of benzene rings is 2. The summed E-state index contributed by atoms with van der Waals surface area (Å²) in [5.74, 6) is 0.364. The Labute approximate surface area is 153 Å². The molecule has 2 rings (SSSR count). The molecule has 136 valence electrons. The molecule has 0 aromatic heterocycles. The highest BCUT2D eigenvalue weighted by atomic mass is 16.6. The maximum Gasteiger partial charge on any atom is 0.269 e. The Kier molecular flexibility index (Phi) is 6.28. The van der Waals surface area contributed by atoms with E-state index in [1.165, 1.54) is 18.2 Å². The summed E-state index contributed by atoms with van der Waals surface area (Å²) in [6, 6.07) is 12.2. The minimum atomic E-state index is -0.448. The number of carbonyl (C=O) groups excluding carboxylic acids is 1. The molecule has 1 N–H and O–H groups in total. The van der Waals surface area contributed by atoms with Crippen LogP contribution in [0.1, 0.15) is 56.2 Å². The SMILES string of the molecule is CC(C)c1cccc(C(C)C)c1NC(=O)/C=C/c1ccc([N+](=O)[O-])cc1. The van der Waals surface area contributed by atoms with Crippen LogP contribution in [0.3, 0.4) is 0 Å². The van der Waals surface area contributed by atoms with Gasteiger partial charge in [-0.1, -0.05) is 45.9 Å². The molecule has 0 bridgehead atoms. The second-order valence-electron chi connectivity index (χ2n) is 6.79. The third-order valence-electron chi connectivity index (χ3n) is 4.15. The van der Waals surface area contributed by atoms with E-state index in [0.717, 1.165) is 22.4 Å². The molecule has 0 saturated carbocycles. The summed E-state index contributed by atoms with van der Waals surface area (Å²) in [7, 11) is 0. The quantitative estimate of drug-likeness (QED) is 0.424. The van der Waals surface area contributed by atoms with Crippen LogP contribution in [0.2, 0.25) is 0 Å². The Bertz CT molecular complexity index is 795. The van der Waals surface area contributed by atoms with Gasteiger partial charge in [0.25, 0.3) is 5.69 Å². The van der Waals surface area contributed by atoms with Crippen LogP contribution in [0.4, 0.5) is 11.4 Å². The van der Waals surface area contributed by atoms with E-state index in [2.05, 4.69) is 33.0 Å². The number of para-hydroxylation sites is 1. The van der Waals surface area contributed by atoms with Crippen LogP contribution in [0.5, 0.6) is 0 Å². The summed E-state index contributed by atoms with van der Waals surface area (Å²) in [4.78, 5) is 22.6. The second-order valence-corrected chi connectivity index (χ2v) is 6.79. The lowest BCUT2D eigenvalue weighted by atomic mass is 9.92. The number of non-ortho nitro benzene ring substituents is 1. The molecule has 0 spiro atoms. The third-order valence-corrected chi connectivity index (χ3v) is 4.15. The molecule has 0 saturated heterocycles. The van der Waals surface area contributed by atoms with Gasteiger partial charge in [-0.25, -0.2) is 0 Å². The number of nitrogens with zero attached hydrogens (tertiary/aromatic N) is 1. The van der Waals surface area contributed by atoms with Crippen molar-refractivity contribution in [3.05, 3.63) is 75.3 Å². The molecule has 5 heteroatoms. The number of nitrogens with one attached hydrogen (secondary N) is 1. The van der Waals surface area contributed by atoms with Crippen LogP contribution in [0.25, 0.3) is 6.08 Å². The summed E-state index contributed by atoms with van der Waals surface area (Å²) < 4.78 is 0.